The number of nitrogens with zero attached hydrogens (tertiary/aromatic N) is 7. The van der Waals surface area contributed by atoms with Crippen LogP contribution in [0.3, 0.4) is 0 Å². The Morgan fingerprint density at radius 3 is 0.857 bits per heavy atom. The van der Waals surface area contributed by atoms with Crippen LogP contribution in [0.5, 0.6) is 0 Å². The molecule has 0 radical (unpaired) electrons. The topological polar surface area (TPSA) is 90.2 Å². The van der Waals surface area contributed by atoms with Crippen LogP contribution in [0.2, 0.25) is 0 Å². The van der Waals surface area contributed by atoms with Crippen molar-refractivity contribution in [3.63, 3.8) is 0 Å². The fourth-order valence-electron chi connectivity index (χ4n) is 7.80. The molecule has 0 aliphatic rings. The smallest absolute Gasteiger partial charge is 0.164 e. The molecule has 7 nitrogen and oxygen atoms in total. The molecule has 0 saturated carbocycles. The predicted molar refractivity (Wildman–Crippen MR) is 254 cm³/mol. The van der Waals surface area contributed by atoms with Gasteiger partial charge in [0.25, 0.3) is 0 Å². The van der Waals surface area contributed by atoms with Crippen LogP contribution in [-0.2, 0) is 0 Å². The van der Waals surface area contributed by atoms with Crippen LogP contribution in [0.25, 0.3) is 102 Å². The minimum atomic E-state index is 0.603. The highest BCUT2D eigenvalue weighted by Gasteiger charge is 2.17. The lowest BCUT2D eigenvalue weighted by Crippen LogP contribution is -2.00. The zero-order valence-corrected chi connectivity index (χ0v) is 35.1. The highest BCUT2D eigenvalue weighted by Crippen LogP contribution is 2.36. The van der Waals surface area contributed by atoms with Crippen molar-refractivity contribution in [3.8, 4) is 102 Å². The molecule has 10 aromatic rings. The highest BCUT2D eigenvalue weighted by atomic mass is 15.0. The Labute approximate surface area is 367 Å². The number of pyridine rings is 1. The minimum Gasteiger partial charge on any atom is -0.258 e. The van der Waals surface area contributed by atoms with Crippen LogP contribution in [-0.4, -0.2) is 34.9 Å². The Kier molecular flexibility index (Phi) is 10.5. The second-order valence-corrected chi connectivity index (χ2v) is 15.7. The first kappa shape index (κ1) is 38.9. The molecule has 0 unspecified atom stereocenters. The summed E-state index contributed by atoms with van der Waals surface area (Å²) in [5.74, 6) is 3.70. The lowest BCUT2D eigenvalue weighted by molar-refractivity contribution is 1.07. The van der Waals surface area contributed by atoms with Gasteiger partial charge in [0, 0.05) is 44.8 Å². The van der Waals surface area contributed by atoms with E-state index in [9.17, 15) is 0 Å². The number of rotatable bonds is 9. The monoisotopic (exact) mass is 811 g/mol. The van der Waals surface area contributed by atoms with Crippen molar-refractivity contribution in [1.29, 1.82) is 0 Å². The van der Waals surface area contributed by atoms with Gasteiger partial charge in [0.2, 0.25) is 0 Å². The summed E-state index contributed by atoms with van der Waals surface area (Å²) in [6, 6.07) is 66.5. The number of hydrogen-bond donors (Lipinski definition) is 0. The fraction of sp³-hybridized carbons (Fsp3) is 0.0536. The molecule has 0 saturated heterocycles. The van der Waals surface area contributed by atoms with Gasteiger partial charge in [-0.15, -0.1) is 0 Å². The lowest BCUT2D eigenvalue weighted by Gasteiger charge is -2.14. The molecule has 7 heteroatoms. The molecular weight excluding hydrogens is 771 g/mol. The lowest BCUT2D eigenvalue weighted by atomic mass is 9.92. The van der Waals surface area contributed by atoms with Crippen LogP contribution in [0.15, 0.2) is 194 Å². The van der Waals surface area contributed by atoms with Crippen molar-refractivity contribution >= 4 is 0 Å². The molecule has 0 N–H and O–H groups in total. The number of benzene rings is 7. The average molecular weight is 812 g/mol. The molecule has 0 bridgehead atoms. The summed E-state index contributed by atoms with van der Waals surface area (Å²) in [5, 5.41) is 0. The maximum Gasteiger partial charge on any atom is 0.164 e. The van der Waals surface area contributed by atoms with Crippen LogP contribution < -0.4 is 0 Å². The van der Waals surface area contributed by atoms with Crippen molar-refractivity contribution in [2.45, 2.75) is 20.8 Å². The van der Waals surface area contributed by atoms with E-state index in [1.807, 2.05) is 105 Å². The van der Waals surface area contributed by atoms with Crippen LogP contribution in [0.4, 0.5) is 0 Å². The minimum absolute atomic E-state index is 0.603. The van der Waals surface area contributed by atoms with Crippen LogP contribution in [0.1, 0.15) is 17.0 Å². The molecule has 3 heterocycles. The van der Waals surface area contributed by atoms with Gasteiger partial charge < -0.3 is 0 Å². The SMILES string of the molecule is Cc1ccc(-c2nc(-c3ccccc3)nc(-c3cccc(-c4cc(-c5cccc(-c6nc(-c7ccccc7)nc(-c7ccccc7)n6)c5)cc(-c5cc(C)nc(C)c5)c4)c3)n2)cc1. The maximum atomic E-state index is 5.06. The fourth-order valence-corrected chi connectivity index (χ4v) is 7.80. The van der Waals surface area contributed by atoms with E-state index in [4.69, 9.17) is 34.9 Å². The zero-order chi connectivity index (χ0) is 42.7. The Balaban J connectivity index is 1.10. The van der Waals surface area contributed by atoms with Crippen LogP contribution in [0, 0.1) is 20.8 Å². The predicted octanol–water partition coefficient (Wildman–Crippen LogP) is 13.4. The molecule has 0 spiro atoms. The van der Waals surface area contributed by atoms with E-state index < -0.39 is 0 Å². The molecular formula is C56H41N7. The second-order valence-electron chi connectivity index (χ2n) is 15.7. The van der Waals surface area contributed by atoms with E-state index in [1.165, 1.54) is 5.56 Å². The Bertz CT molecular complexity index is 3160. The number of aryl methyl sites for hydroxylation is 3. The largest absolute Gasteiger partial charge is 0.258 e. The highest BCUT2D eigenvalue weighted by molar-refractivity contribution is 5.84. The van der Waals surface area contributed by atoms with Crippen molar-refractivity contribution in [3.05, 3.63) is 211 Å². The third kappa shape index (κ3) is 8.54. The summed E-state index contributed by atoms with van der Waals surface area (Å²) in [4.78, 5) is 34.7. The molecule has 0 atom stereocenters. The quantitative estimate of drug-likeness (QED) is 0.143. The van der Waals surface area contributed by atoms with Gasteiger partial charge >= 0.3 is 0 Å². The molecule has 7 aromatic carbocycles. The molecule has 0 aliphatic carbocycles. The van der Waals surface area contributed by atoms with Gasteiger partial charge in [0.15, 0.2) is 34.9 Å². The average Bonchev–Trinajstić information content (AvgIpc) is 3.34. The van der Waals surface area contributed by atoms with E-state index in [0.29, 0.717) is 34.9 Å². The molecule has 300 valence electrons. The molecule has 0 aliphatic heterocycles. The second kappa shape index (κ2) is 17.0. The van der Waals surface area contributed by atoms with Gasteiger partial charge in [-0.25, -0.2) is 29.9 Å². The van der Waals surface area contributed by atoms with Gasteiger partial charge in [-0.05, 0) is 96.6 Å². The van der Waals surface area contributed by atoms with Gasteiger partial charge in [0.05, 0.1) is 0 Å². The van der Waals surface area contributed by atoms with Crippen molar-refractivity contribution in [1.82, 2.24) is 34.9 Å². The normalized spacial score (nSPS) is 11.1. The molecule has 3 aromatic heterocycles. The summed E-state index contributed by atoms with van der Waals surface area (Å²) in [6.07, 6.45) is 0. The number of aromatic nitrogens is 7. The van der Waals surface area contributed by atoms with E-state index in [0.717, 1.165) is 78.1 Å². The van der Waals surface area contributed by atoms with Gasteiger partial charge in [-0.1, -0.05) is 157 Å². The molecule has 63 heavy (non-hydrogen) atoms. The first-order valence-electron chi connectivity index (χ1n) is 21.0. The Morgan fingerprint density at radius 1 is 0.206 bits per heavy atom. The third-order valence-electron chi connectivity index (χ3n) is 10.9. The zero-order valence-electron chi connectivity index (χ0n) is 35.1. The summed E-state index contributed by atoms with van der Waals surface area (Å²) in [6.45, 7) is 6.16. The molecule has 0 amide bonds. The van der Waals surface area contributed by atoms with Gasteiger partial charge in [-0.2, -0.15) is 0 Å². The standard InChI is InChI=1S/C56H41N7/c1-36-25-27-42(28-26-36)54-59-53(41-19-11-6-12-20-41)62-56(63-54)46-24-14-22-44(32-46)49-33-48(34-50(35-49)47-29-37(2)57-38(3)30-47)43-21-13-23-45(31-43)55-60-51(39-15-7-4-8-16-39)58-52(61-55)40-17-9-5-10-18-40/h4-35H,1-3H3. The summed E-state index contributed by atoms with van der Waals surface area (Å²) < 4.78 is 0. The van der Waals surface area contributed by atoms with Crippen LogP contribution >= 0.6 is 0 Å². The van der Waals surface area contributed by atoms with Crippen molar-refractivity contribution in [2.75, 3.05) is 0 Å². The Hall–Kier alpha value is -8.29. The van der Waals surface area contributed by atoms with Crippen molar-refractivity contribution < 1.29 is 0 Å². The number of hydrogen-bond acceptors (Lipinski definition) is 7. The summed E-state index contributed by atoms with van der Waals surface area (Å²) in [7, 11) is 0. The van der Waals surface area contributed by atoms with Gasteiger partial charge in [-0.3, -0.25) is 4.98 Å². The summed E-state index contributed by atoms with van der Waals surface area (Å²) in [5.41, 5.74) is 15.0. The third-order valence-corrected chi connectivity index (χ3v) is 10.9. The first-order chi connectivity index (χ1) is 30.9. The van der Waals surface area contributed by atoms with E-state index in [-0.39, 0.29) is 0 Å². The first-order valence-corrected chi connectivity index (χ1v) is 21.0. The van der Waals surface area contributed by atoms with E-state index in [1.54, 1.807) is 0 Å². The molecule has 10 rings (SSSR count). The van der Waals surface area contributed by atoms with E-state index in [2.05, 4.69) is 110 Å². The summed E-state index contributed by atoms with van der Waals surface area (Å²) >= 11 is 0. The molecule has 0 fully saturated rings. The van der Waals surface area contributed by atoms with E-state index >= 15 is 0 Å². The van der Waals surface area contributed by atoms with Crippen molar-refractivity contribution in [2.24, 2.45) is 0 Å². The Morgan fingerprint density at radius 2 is 0.476 bits per heavy atom. The maximum absolute atomic E-state index is 5.06. The van der Waals surface area contributed by atoms with Gasteiger partial charge in [0.1, 0.15) is 0 Å².